The molecule has 0 heterocycles. The van der Waals surface area contributed by atoms with E-state index >= 15 is 0 Å². The molecule has 0 aliphatic heterocycles. The Kier molecular flexibility index (Phi) is 6.65. The van der Waals surface area contributed by atoms with Gasteiger partial charge in [0.05, 0.1) is 27.5 Å². The van der Waals surface area contributed by atoms with Gasteiger partial charge in [0.15, 0.2) is 18.1 Å². The Labute approximate surface area is 146 Å². The van der Waals surface area contributed by atoms with E-state index < -0.39 is 5.91 Å². The second kappa shape index (κ2) is 9.17. The topological polar surface area (TPSA) is 78.4 Å². The minimum Gasteiger partial charge on any atom is -0.497 e. The number of nitrogens with zero attached hydrogens (tertiary/aromatic N) is 1. The molecule has 2 rings (SSSR count). The fraction of sp³-hybridized carbons (Fsp3) is 0.222. The van der Waals surface area contributed by atoms with E-state index in [0.717, 1.165) is 0 Å². The molecule has 7 heteroatoms. The number of nitrogens with one attached hydrogen (secondary N) is 1. The number of hydrogen-bond acceptors (Lipinski definition) is 6. The summed E-state index contributed by atoms with van der Waals surface area (Å²) in [6, 6.07) is 12.4. The van der Waals surface area contributed by atoms with Crippen LogP contribution in [0.15, 0.2) is 47.6 Å². The molecule has 0 aromatic heterocycles. The summed E-state index contributed by atoms with van der Waals surface area (Å²) in [5.41, 5.74) is 3.07. The van der Waals surface area contributed by atoms with Gasteiger partial charge in [0.2, 0.25) is 0 Å². The number of rotatable bonds is 8. The van der Waals surface area contributed by atoms with E-state index in [1.54, 1.807) is 50.6 Å². The number of amides is 1. The average molecular weight is 344 g/mol. The maximum absolute atomic E-state index is 11.8. The molecule has 0 saturated carbocycles. The summed E-state index contributed by atoms with van der Waals surface area (Å²) in [6.45, 7) is -0.188. The van der Waals surface area contributed by atoms with Crippen molar-refractivity contribution in [2.24, 2.45) is 5.10 Å². The van der Waals surface area contributed by atoms with Crippen molar-refractivity contribution in [3.63, 3.8) is 0 Å². The van der Waals surface area contributed by atoms with Crippen LogP contribution in [-0.2, 0) is 4.79 Å². The molecule has 0 radical (unpaired) electrons. The lowest BCUT2D eigenvalue weighted by Gasteiger charge is -2.09. The van der Waals surface area contributed by atoms with Crippen LogP contribution in [0.2, 0.25) is 0 Å². The van der Waals surface area contributed by atoms with Crippen LogP contribution in [0.5, 0.6) is 23.0 Å². The quantitative estimate of drug-likeness (QED) is 0.587. The van der Waals surface area contributed by atoms with Crippen molar-refractivity contribution in [2.75, 3.05) is 27.9 Å². The van der Waals surface area contributed by atoms with Gasteiger partial charge in [-0.1, -0.05) is 12.1 Å². The second-order valence-corrected chi connectivity index (χ2v) is 4.84. The molecule has 0 saturated heterocycles. The zero-order chi connectivity index (χ0) is 18.1. The highest BCUT2D eigenvalue weighted by atomic mass is 16.5. The first-order valence-corrected chi connectivity index (χ1v) is 7.47. The van der Waals surface area contributed by atoms with Crippen LogP contribution in [0.25, 0.3) is 0 Å². The van der Waals surface area contributed by atoms with Crippen LogP contribution in [-0.4, -0.2) is 40.1 Å². The van der Waals surface area contributed by atoms with Gasteiger partial charge in [-0.3, -0.25) is 4.79 Å². The minimum absolute atomic E-state index is 0.188. The third kappa shape index (κ3) is 5.13. The van der Waals surface area contributed by atoms with Gasteiger partial charge >= 0.3 is 0 Å². The van der Waals surface area contributed by atoms with Crippen molar-refractivity contribution in [1.82, 2.24) is 5.43 Å². The van der Waals surface area contributed by atoms with E-state index in [1.165, 1.54) is 13.3 Å². The molecule has 2 aromatic rings. The Morgan fingerprint density at radius 3 is 2.40 bits per heavy atom. The standard InChI is InChI=1S/C18H20N2O5/c1-22-14-8-9-15(23-2)13(10-14)11-19-20-18(21)12-25-17-7-5-4-6-16(17)24-3/h4-11H,12H2,1-3H3,(H,20,21)/b19-11+. The first kappa shape index (κ1) is 18.1. The molecule has 0 aliphatic rings. The number of hydrogen-bond donors (Lipinski definition) is 1. The maximum Gasteiger partial charge on any atom is 0.277 e. The van der Waals surface area contributed by atoms with Crippen molar-refractivity contribution in [1.29, 1.82) is 0 Å². The highest BCUT2D eigenvalue weighted by molar-refractivity contribution is 5.86. The molecule has 132 valence electrons. The summed E-state index contributed by atoms with van der Waals surface area (Å²) in [7, 11) is 4.66. The van der Waals surface area contributed by atoms with E-state index in [-0.39, 0.29) is 6.61 Å². The lowest BCUT2D eigenvalue weighted by molar-refractivity contribution is -0.123. The van der Waals surface area contributed by atoms with Crippen molar-refractivity contribution >= 4 is 12.1 Å². The third-order valence-corrected chi connectivity index (χ3v) is 3.26. The van der Waals surface area contributed by atoms with Crippen molar-refractivity contribution in [3.05, 3.63) is 48.0 Å². The Morgan fingerprint density at radius 1 is 1.00 bits per heavy atom. The van der Waals surface area contributed by atoms with Crippen LogP contribution in [0, 0.1) is 0 Å². The molecule has 25 heavy (non-hydrogen) atoms. The molecule has 0 aliphatic carbocycles. The number of hydrazone groups is 1. The van der Waals surface area contributed by atoms with Crippen molar-refractivity contribution in [3.8, 4) is 23.0 Å². The van der Waals surface area contributed by atoms with Gasteiger partial charge in [-0.15, -0.1) is 0 Å². The largest absolute Gasteiger partial charge is 0.497 e. The summed E-state index contributed by atoms with van der Waals surface area (Å²) in [6.07, 6.45) is 1.47. The zero-order valence-electron chi connectivity index (χ0n) is 14.3. The molecule has 0 bridgehead atoms. The van der Waals surface area contributed by atoms with E-state index in [0.29, 0.717) is 28.6 Å². The summed E-state index contributed by atoms with van der Waals surface area (Å²) >= 11 is 0. The lowest BCUT2D eigenvalue weighted by Crippen LogP contribution is -2.24. The Morgan fingerprint density at radius 2 is 1.72 bits per heavy atom. The molecule has 7 nitrogen and oxygen atoms in total. The van der Waals surface area contributed by atoms with Gasteiger partial charge < -0.3 is 18.9 Å². The number of carbonyl (C=O) groups is 1. The predicted octanol–water partition coefficient (Wildman–Crippen LogP) is 2.24. The second-order valence-electron chi connectivity index (χ2n) is 4.84. The number of benzene rings is 2. The zero-order valence-corrected chi connectivity index (χ0v) is 14.3. The van der Waals surface area contributed by atoms with Gasteiger partial charge in [0.25, 0.3) is 5.91 Å². The monoisotopic (exact) mass is 344 g/mol. The molecule has 0 spiro atoms. The van der Waals surface area contributed by atoms with E-state index in [9.17, 15) is 4.79 Å². The van der Waals surface area contributed by atoms with Crippen LogP contribution in [0.3, 0.4) is 0 Å². The van der Waals surface area contributed by atoms with E-state index in [2.05, 4.69) is 10.5 Å². The molecule has 1 amide bonds. The van der Waals surface area contributed by atoms with E-state index in [1.807, 2.05) is 6.07 Å². The minimum atomic E-state index is -0.399. The summed E-state index contributed by atoms with van der Waals surface area (Å²) in [4.78, 5) is 11.8. The fourth-order valence-electron chi connectivity index (χ4n) is 2.03. The molecular weight excluding hydrogens is 324 g/mol. The van der Waals surface area contributed by atoms with Gasteiger partial charge in [-0.2, -0.15) is 5.10 Å². The summed E-state index contributed by atoms with van der Waals surface area (Å²) in [5, 5.41) is 3.91. The Hall–Kier alpha value is -3.22. The molecule has 0 fully saturated rings. The first-order valence-electron chi connectivity index (χ1n) is 7.47. The molecule has 0 atom stereocenters. The highest BCUT2D eigenvalue weighted by Crippen LogP contribution is 2.25. The van der Waals surface area contributed by atoms with Crippen molar-refractivity contribution < 1.29 is 23.7 Å². The summed E-state index contributed by atoms with van der Waals surface area (Å²) < 4.78 is 21.0. The van der Waals surface area contributed by atoms with Crippen LogP contribution in [0.4, 0.5) is 0 Å². The van der Waals surface area contributed by atoms with Crippen molar-refractivity contribution in [2.45, 2.75) is 0 Å². The van der Waals surface area contributed by atoms with E-state index in [4.69, 9.17) is 18.9 Å². The van der Waals surface area contributed by atoms with Gasteiger partial charge in [-0.05, 0) is 30.3 Å². The predicted molar refractivity (Wildman–Crippen MR) is 93.8 cm³/mol. The number of carbonyl (C=O) groups excluding carboxylic acids is 1. The number of para-hydroxylation sites is 2. The average Bonchev–Trinajstić information content (AvgIpc) is 2.66. The molecule has 0 unspecified atom stereocenters. The van der Waals surface area contributed by atoms with Gasteiger partial charge in [0, 0.05) is 5.56 Å². The van der Waals surface area contributed by atoms with Crippen LogP contribution >= 0.6 is 0 Å². The summed E-state index contributed by atoms with van der Waals surface area (Å²) in [5.74, 6) is 1.92. The smallest absolute Gasteiger partial charge is 0.277 e. The number of ether oxygens (including phenoxy) is 4. The van der Waals surface area contributed by atoms with Crippen LogP contribution < -0.4 is 24.4 Å². The highest BCUT2D eigenvalue weighted by Gasteiger charge is 2.06. The normalized spacial score (nSPS) is 10.4. The van der Waals surface area contributed by atoms with Gasteiger partial charge in [-0.25, -0.2) is 5.43 Å². The maximum atomic E-state index is 11.8. The third-order valence-electron chi connectivity index (χ3n) is 3.26. The number of methoxy groups -OCH3 is 3. The first-order chi connectivity index (χ1) is 12.2. The fourth-order valence-corrected chi connectivity index (χ4v) is 2.03. The Balaban J connectivity index is 1.92. The van der Waals surface area contributed by atoms with Gasteiger partial charge in [0.1, 0.15) is 11.5 Å². The lowest BCUT2D eigenvalue weighted by atomic mass is 10.2. The molecule has 2 aromatic carbocycles. The Bertz CT molecular complexity index is 746. The SMILES string of the molecule is COc1ccc(OC)c(/C=N/NC(=O)COc2ccccc2OC)c1. The molecular formula is C18H20N2O5. The van der Waals surface area contributed by atoms with Crippen LogP contribution in [0.1, 0.15) is 5.56 Å². The molecule has 1 N–H and O–H groups in total.